The van der Waals surface area contributed by atoms with Gasteiger partial charge in [-0.2, -0.15) is 0 Å². The number of carbonyl (C=O) groups is 6. The van der Waals surface area contributed by atoms with Crippen LogP contribution in [0.5, 0.6) is 0 Å². The fraction of sp³-hybridized carbons (Fsp3) is 0.571. The number of hydrogen-bond acceptors (Lipinski definition) is 17. The van der Waals surface area contributed by atoms with Crippen LogP contribution in [0.3, 0.4) is 0 Å². The molecule has 0 atom stereocenters. The van der Waals surface area contributed by atoms with Gasteiger partial charge in [0.05, 0.1) is 30.9 Å². The molecule has 8 N–H and O–H groups in total. The minimum absolute atomic E-state index is 0. The number of piperidine rings is 3. The molecular formula is C84H141ClFLiN10O11. The van der Waals surface area contributed by atoms with Crippen molar-refractivity contribution in [3.05, 3.63) is 155 Å². The minimum Gasteiger partial charge on any atom is -0.870 e. The Morgan fingerprint density at radius 3 is 0.917 bits per heavy atom. The van der Waals surface area contributed by atoms with Gasteiger partial charge < -0.3 is 76.3 Å². The molecule has 10 rings (SSSR count). The van der Waals surface area contributed by atoms with Crippen LogP contribution in [0.25, 0.3) is 0 Å². The maximum Gasteiger partial charge on any atom is 1.00 e. The number of anilines is 4. The van der Waals surface area contributed by atoms with Crippen molar-refractivity contribution in [2.45, 2.75) is 213 Å². The third kappa shape index (κ3) is 48.2. The van der Waals surface area contributed by atoms with Crippen molar-refractivity contribution >= 4 is 71.0 Å². The summed E-state index contributed by atoms with van der Waals surface area (Å²) >= 11 is 0. The van der Waals surface area contributed by atoms with E-state index >= 15 is 0 Å². The molecule has 21 nitrogen and oxygen atoms in total. The van der Waals surface area contributed by atoms with Gasteiger partial charge in [0.25, 0.3) is 11.8 Å². The number of rotatable bonds is 11. The number of halogens is 2. The molecule has 5 fully saturated rings. The number of nitrogens with two attached hydrogens (primary N) is 1. The average molecular weight is 1530 g/mol. The molecule has 3 amide bonds. The van der Waals surface area contributed by atoms with E-state index in [0.717, 1.165) is 108 Å². The summed E-state index contributed by atoms with van der Waals surface area (Å²) in [5.74, 6) is -1.94. The van der Waals surface area contributed by atoms with Gasteiger partial charge in [-0.25, -0.2) is 23.6 Å². The molecule has 5 aromatic rings. The summed E-state index contributed by atoms with van der Waals surface area (Å²) in [5, 5.41) is 21.1. The molecule has 5 heterocycles. The van der Waals surface area contributed by atoms with E-state index < -0.39 is 11.9 Å². The van der Waals surface area contributed by atoms with Crippen LogP contribution in [0.1, 0.15) is 241 Å². The van der Waals surface area contributed by atoms with Gasteiger partial charge in [0.15, 0.2) is 0 Å². The van der Waals surface area contributed by atoms with Gasteiger partial charge in [-0.3, -0.25) is 9.59 Å². The molecule has 5 saturated heterocycles. The quantitative estimate of drug-likeness (QED) is 0.0407. The first kappa shape index (κ1) is 109. The average Bonchev–Trinajstić information content (AvgIpc) is 0.872. The van der Waals surface area contributed by atoms with E-state index in [0.29, 0.717) is 22.7 Å². The van der Waals surface area contributed by atoms with Crippen molar-refractivity contribution in [2.24, 2.45) is 5.73 Å². The Morgan fingerprint density at radius 1 is 0.426 bits per heavy atom. The normalized spacial score (nSPS) is 13.7. The number of benzene rings is 5. The number of carbonyl (C=O) groups excluding carboxylic acids is 5. The SMILES string of the molecule is CC.CC.CC.CC.CC.CC(C)(C)OC(=O)N1CCNCC1.CC(C)N.CC(C)NC(=O)c1ccc(N2CCCCC2)cc1.CC(C)NC(=O)c1ccc(N2CCNCC2)cc1.COC(=O)c1ccc(F)cc1.COC(=O)c1ccc(N2CCCCC2)cc1.Cl.O=C(O)c1ccc(N2CCCCC2)cc1.[Li+].[OH-]. The zero-order valence-electron chi connectivity index (χ0n) is 70.2. The second-order valence-electron chi connectivity index (χ2n) is 25.6. The topological polar surface area (TPSA) is 271 Å². The maximum absolute atomic E-state index is 12.3. The van der Waals surface area contributed by atoms with Crippen LogP contribution < -0.4 is 65.5 Å². The van der Waals surface area contributed by atoms with Crippen LogP contribution in [-0.2, 0) is 14.2 Å². The van der Waals surface area contributed by atoms with Crippen LogP contribution in [0.2, 0.25) is 0 Å². The van der Waals surface area contributed by atoms with E-state index in [1.165, 1.54) is 113 Å². The molecule has 0 aromatic heterocycles. The number of ether oxygens (including phenoxy) is 3. The summed E-state index contributed by atoms with van der Waals surface area (Å²) in [6.45, 7) is 51.4. The Hall–Kier alpha value is -7.42. The van der Waals surface area contributed by atoms with E-state index in [2.05, 4.69) is 62.5 Å². The maximum atomic E-state index is 12.3. The van der Waals surface area contributed by atoms with Crippen LogP contribution in [0.4, 0.5) is 31.9 Å². The molecule has 0 bridgehead atoms. The molecule has 5 aliphatic rings. The van der Waals surface area contributed by atoms with Crippen LogP contribution in [0, 0.1) is 5.82 Å². The predicted octanol–water partition coefficient (Wildman–Crippen LogP) is 14.1. The number of hydrogen-bond donors (Lipinski definition) is 6. The van der Waals surface area contributed by atoms with Crippen LogP contribution in [0.15, 0.2) is 121 Å². The molecule has 0 aliphatic carbocycles. The zero-order chi connectivity index (χ0) is 79.7. The molecule has 0 saturated carbocycles. The molecule has 5 aromatic carbocycles. The standard InChI is InChI=1S/C15H22N2O.C14H21N3O.C13H17NO2.C12H15NO2.C9H18N2O2.C8H7FO2.C3H9N.5C2H6.ClH.Li.H2O/c1-12(2)16-15(18)13-6-8-14(9-7-13)17-10-4-3-5-11-17;1-11(2)16-14(18)12-3-5-13(6-4-12)17-9-7-15-8-10-17;1-16-13(15)11-5-7-12(8-6-11)14-9-3-2-4-10-14;14-12(15)10-4-6-11(7-5-10)13-8-2-1-3-9-13;1-9(2,3)13-8(12)11-6-4-10-5-7-11;1-11-8(10)6-2-4-7(9)5-3-6;1-3(2)4;5*1-2;;;/h6-9,12H,3-5,10-11H2,1-2H3,(H,16,18);3-6,11,15H,7-10H2,1-2H3,(H,16,18);5-8H,2-4,9-10H2,1H3;4-7H,1-3,8-9H2,(H,14,15);10H,4-7H2,1-3H3;2-5H,1H3;3H,4H2,1-2H3;5*1-2H3;1H;;1H2/q;;;;;;;;;;;;;+1;/p-1. The van der Waals surface area contributed by atoms with E-state index in [9.17, 15) is 33.2 Å². The number of esters is 2. The van der Waals surface area contributed by atoms with Crippen molar-refractivity contribution in [1.29, 1.82) is 0 Å². The first-order chi connectivity index (χ1) is 50.4. The monoisotopic (exact) mass is 1530 g/mol. The molecule has 0 radical (unpaired) electrons. The van der Waals surface area contributed by atoms with Gasteiger partial charge in [-0.15, -0.1) is 12.4 Å². The van der Waals surface area contributed by atoms with Crippen LogP contribution >= 0.6 is 12.4 Å². The summed E-state index contributed by atoms with van der Waals surface area (Å²) < 4.78 is 26.6. The van der Waals surface area contributed by atoms with Gasteiger partial charge in [0, 0.05) is 138 Å². The summed E-state index contributed by atoms with van der Waals surface area (Å²) in [7, 11) is 2.69. The van der Waals surface area contributed by atoms with Crippen molar-refractivity contribution < 1.29 is 76.8 Å². The number of carboxylic acid groups (broad SMARTS) is 1. The van der Waals surface area contributed by atoms with Crippen LogP contribution in [-0.4, -0.2) is 181 Å². The van der Waals surface area contributed by atoms with Crippen molar-refractivity contribution in [3.8, 4) is 0 Å². The third-order valence-electron chi connectivity index (χ3n) is 15.2. The van der Waals surface area contributed by atoms with Gasteiger partial charge in [-0.1, -0.05) is 83.1 Å². The fourth-order valence-electron chi connectivity index (χ4n) is 10.3. The van der Waals surface area contributed by atoms with Crippen molar-refractivity contribution in [2.75, 3.05) is 125 Å². The molecule has 24 heteroatoms. The van der Waals surface area contributed by atoms with Crippen molar-refractivity contribution in [3.63, 3.8) is 0 Å². The predicted molar refractivity (Wildman–Crippen MR) is 446 cm³/mol. The number of piperazine rings is 2. The van der Waals surface area contributed by atoms with Crippen molar-refractivity contribution in [1.82, 2.24) is 26.2 Å². The second kappa shape index (κ2) is 66.6. The fourth-order valence-corrected chi connectivity index (χ4v) is 10.3. The minimum atomic E-state index is -0.861. The number of nitrogens with zero attached hydrogens (tertiary/aromatic N) is 5. The molecule has 108 heavy (non-hydrogen) atoms. The van der Waals surface area contributed by atoms with E-state index in [4.69, 9.17) is 15.6 Å². The summed E-state index contributed by atoms with van der Waals surface area (Å²) in [5.41, 5.74) is 12.3. The van der Waals surface area contributed by atoms with Gasteiger partial charge in [-0.05, 0) is 234 Å². The zero-order valence-corrected chi connectivity index (χ0v) is 71.0. The Bertz CT molecular complexity index is 2950. The first-order valence-corrected chi connectivity index (χ1v) is 38.7. The Kier molecular flexibility index (Phi) is 67.3. The van der Waals surface area contributed by atoms with Gasteiger partial charge >= 0.3 is 42.9 Å². The smallest absolute Gasteiger partial charge is 0.870 e. The molecule has 5 aliphatic heterocycles. The van der Waals surface area contributed by atoms with E-state index in [1.54, 1.807) is 17.0 Å². The summed E-state index contributed by atoms with van der Waals surface area (Å²) in [4.78, 5) is 79.0. The van der Waals surface area contributed by atoms with E-state index in [-0.39, 0.29) is 84.1 Å². The summed E-state index contributed by atoms with van der Waals surface area (Å²) in [6.07, 6.45) is 11.3. The first-order valence-electron chi connectivity index (χ1n) is 38.7. The number of carboxylic acids is 1. The molecule has 0 unspecified atom stereocenters. The Labute approximate surface area is 669 Å². The molecular weight excluding hydrogens is 1390 g/mol. The Morgan fingerprint density at radius 2 is 0.667 bits per heavy atom. The number of methoxy groups -OCH3 is 2. The largest absolute Gasteiger partial charge is 1.00 e. The molecule has 0 spiro atoms. The van der Waals surface area contributed by atoms with E-state index in [1.807, 2.05) is 204 Å². The van der Waals surface area contributed by atoms with Gasteiger partial charge in [0.1, 0.15) is 11.4 Å². The molecule has 608 valence electrons. The number of aromatic carboxylic acids is 1. The second-order valence-corrected chi connectivity index (χ2v) is 25.6. The van der Waals surface area contributed by atoms with Gasteiger partial charge in [0.2, 0.25) is 0 Å². The number of amides is 3. The summed E-state index contributed by atoms with van der Waals surface area (Å²) in [6, 6.07) is 36.5. The Balaban J connectivity index is -0.000000379. The number of nitrogens with one attached hydrogen (secondary N) is 4. The third-order valence-corrected chi connectivity index (χ3v) is 15.2.